The molecule has 1 heterocycles. The molecule has 20 heavy (non-hydrogen) atoms. The molecule has 0 bridgehead atoms. The van der Waals surface area contributed by atoms with Crippen LogP contribution in [0.15, 0.2) is 35.1 Å². The lowest BCUT2D eigenvalue weighted by Gasteiger charge is -2.12. The minimum Gasteiger partial charge on any atom is -0.292 e. The Bertz CT molecular complexity index is 707. The Morgan fingerprint density at radius 1 is 1.35 bits per heavy atom. The van der Waals surface area contributed by atoms with Gasteiger partial charge in [0.15, 0.2) is 0 Å². The molecule has 0 spiro atoms. The molecule has 0 radical (unpaired) electrons. The molecule has 104 valence electrons. The number of carbonyl (C=O) groups is 1. The highest BCUT2D eigenvalue weighted by atomic mass is 16.2. The zero-order chi connectivity index (χ0) is 14.7. The van der Waals surface area contributed by atoms with Crippen LogP contribution < -0.4 is 17.0 Å². The molecule has 2 rings (SSSR count). The van der Waals surface area contributed by atoms with Crippen molar-refractivity contribution in [3.05, 3.63) is 63.3 Å². The molecule has 1 aromatic heterocycles. The predicted molar refractivity (Wildman–Crippen MR) is 75.2 cm³/mol. The lowest BCUT2D eigenvalue weighted by Crippen LogP contribution is -2.32. The van der Waals surface area contributed by atoms with Gasteiger partial charge in [-0.05, 0) is 31.5 Å². The fraction of sp³-hybridized carbons (Fsp3) is 0.214. The van der Waals surface area contributed by atoms with Crippen LogP contribution in [-0.2, 0) is 6.54 Å². The maximum Gasteiger partial charge on any atom is 0.348 e. The van der Waals surface area contributed by atoms with Gasteiger partial charge in [0, 0.05) is 17.0 Å². The molecular formula is C14H16N4O2. The molecular weight excluding hydrogens is 256 g/mol. The highest BCUT2D eigenvalue weighted by molar-refractivity contribution is 5.95. The summed E-state index contributed by atoms with van der Waals surface area (Å²) in [4.78, 5) is 27.6. The fourth-order valence-corrected chi connectivity index (χ4v) is 2.09. The van der Waals surface area contributed by atoms with Gasteiger partial charge in [-0.15, -0.1) is 0 Å². The Kier molecular flexibility index (Phi) is 3.95. The summed E-state index contributed by atoms with van der Waals surface area (Å²) >= 11 is 0. The van der Waals surface area contributed by atoms with Crippen LogP contribution in [0.2, 0.25) is 0 Å². The summed E-state index contributed by atoms with van der Waals surface area (Å²) in [7, 11) is 0. The van der Waals surface area contributed by atoms with E-state index >= 15 is 0 Å². The lowest BCUT2D eigenvalue weighted by atomic mass is 10.1. The van der Waals surface area contributed by atoms with Gasteiger partial charge >= 0.3 is 5.69 Å². The van der Waals surface area contributed by atoms with Crippen molar-refractivity contribution in [2.75, 3.05) is 0 Å². The number of benzene rings is 1. The Balaban J connectivity index is 2.46. The zero-order valence-electron chi connectivity index (χ0n) is 11.4. The SMILES string of the molecule is Cc1cc(C)n(Cc2ccccc2C(=O)NN)c(=O)n1. The minimum atomic E-state index is -0.383. The summed E-state index contributed by atoms with van der Waals surface area (Å²) < 4.78 is 1.52. The molecule has 0 unspecified atom stereocenters. The fourth-order valence-electron chi connectivity index (χ4n) is 2.09. The van der Waals surface area contributed by atoms with Crippen LogP contribution in [0.4, 0.5) is 0 Å². The predicted octanol–water partition coefficient (Wildman–Crippen LogP) is 0.512. The van der Waals surface area contributed by atoms with Crippen molar-refractivity contribution in [2.24, 2.45) is 5.84 Å². The highest BCUT2D eigenvalue weighted by Crippen LogP contribution is 2.11. The molecule has 0 aliphatic heterocycles. The van der Waals surface area contributed by atoms with Gasteiger partial charge in [-0.3, -0.25) is 14.8 Å². The van der Waals surface area contributed by atoms with Crippen LogP contribution in [0.5, 0.6) is 0 Å². The standard InChI is InChI=1S/C14H16N4O2/c1-9-7-10(2)18(14(20)16-9)8-11-5-3-4-6-12(11)13(19)17-15/h3-7H,8,15H2,1-2H3,(H,17,19). The first-order valence-corrected chi connectivity index (χ1v) is 6.17. The Morgan fingerprint density at radius 3 is 2.70 bits per heavy atom. The molecule has 0 aliphatic rings. The Morgan fingerprint density at radius 2 is 2.05 bits per heavy atom. The van der Waals surface area contributed by atoms with Gasteiger partial charge in [0.1, 0.15) is 0 Å². The van der Waals surface area contributed by atoms with Crippen LogP contribution in [0.1, 0.15) is 27.3 Å². The van der Waals surface area contributed by atoms with Gasteiger partial charge < -0.3 is 0 Å². The van der Waals surface area contributed by atoms with Crippen LogP contribution in [0.25, 0.3) is 0 Å². The molecule has 0 atom stereocenters. The maximum absolute atomic E-state index is 11.9. The molecule has 1 amide bonds. The number of nitrogens with zero attached hydrogens (tertiary/aromatic N) is 2. The molecule has 0 fully saturated rings. The average Bonchev–Trinajstić information content (AvgIpc) is 2.42. The molecule has 6 nitrogen and oxygen atoms in total. The van der Waals surface area contributed by atoms with E-state index in [0.717, 1.165) is 5.69 Å². The topological polar surface area (TPSA) is 90.0 Å². The van der Waals surface area contributed by atoms with Gasteiger partial charge in [0.25, 0.3) is 5.91 Å². The van der Waals surface area contributed by atoms with E-state index in [1.165, 1.54) is 4.57 Å². The first-order chi connectivity index (χ1) is 9.52. The first kappa shape index (κ1) is 14.0. The van der Waals surface area contributed by atoms with Crippen LogP contribution >= 0.6 is 0 Å². The number of nitrogens with two attached hydrogens (primary N) is 1. The number of hydrogen-bond acceptors (Lipinski definition) is 4. The second kappa shape index (κ2) is 5.66. The summed E-state index contributed by atoms with van der Waals surface area (Å²) in [5.41, 5.74) is 4.41. The number of nitrogen functional groups attached to an aromatic ring is 1. The van der Waals surface area contributed by atoms with Crippen molar-refractivity contribution in [3.63, 3.8) is 0 Å². The van der Waals surface area contributed by atoms with Gasteiger partial charge in [0.2, 0.25) is 0 Å². The molecule has 0 aliphatic carbocycles. The van der Waals surface area contributed by atoms with Crippen molar-refractivity contribution >= 4 is 5.91 Å². The van der Waals surface area contributed by atoms with Crippen molar-refractivity contribution in [3.8, 4) is 0 Å². The van der Waals surface area contributed by atoms with Crippen LogP contribution in [-0.4, -0.2) is 15.5 Å². The third kappa shape index (κ3) is 2.75. The van der Waals surface area contributed by atoms with Crippen molar-refractivity contribution < 1.29 is 4.79 Å². The molecule has 0 saturated carbocycles. The third-order valence-corrected chi connectivity index (χ3v) is 3.07. The molecule has 6 heteroatoms. The minimum absolute atomic E-state index is 0.279. The van der Waals surface area contributed by atoms with Gasteiger partial charge in [-0.2, -0.15) is 4.98 Å². The number of nitrogens with one attached hydrogen (secondary N) is 1. The van der Waals surface area contributed by atoms with Crippen molar-refractivity contribution in [1.82, 2.24) is 15.0 Å². The molecule has 2 aromatic rings. The number of hydrazine groups is 1. The quantitative estimate of drug-likeness (QED) is 0.484. The van der Waals surface area contributed by atoms with E-state index in [1.54, 1.807) is 25.1 Å². The maximum atomic E-state index is 11.9. The van der Waals surface area contributed by atoms with E-state index in [0.29, 0.717) is 16.8 Å². The number of carbonyl (C=O) groups excluding carboxylic acids is 1. The van der Waals surface area contributed by atoms with Crippen LogP contribution in [0, 0.1) is 13.8 Å². The normalized spacial score (nSPS) is 10.3. The van der Waals surface area contributed by atoms with Crippen molar-refractivity contribution in [2.45, 2.75) is 20.4 Å². The Labute approximate surface area is 116 Å². The monoisotopic (exact) mass is 272 g/mol. The highest BCUT2D eigenvalue weighted by Gasteiger charge is 2.11. The largest absolute Gasteiger partial charge is 0.348 e. The second-order valence-electron chi connectivity index (χ2n) is 4.54. The molecule has 3 N–H and O–H groups in total. The molecule has 0 saturated heterocycles. The van der Waals surface area contributed by atoms with Gasteiger partial charge in [-0.25, -0.2) is 10.6 Å². The smallest absolute Gasteiger partial charge is 0.292 e. The lowest BCUT2D eigenvalue weighted by molar-refractivity contribution is 0.0952. The average molecular weight is 272 g/mol. The first-order valence-electron chi connectivity index (χ1n) is 6.17. The number of amides is 1. The number of hydrogen-bond donors (Lipinski definition) is 2. The van der Waals surface area contributed by atoms with Crippen LogP contribution in [0.3, 0.4) is 0 Å². The second-order valence-corrected chi connectivity index (χ2v) is 4.54. The Hall–Kier alpha value is -2.47. The third-order valence-electron chi connectivity index (χ3n) is 3.07. The summed E-state index contributed by atoms with van der Waals surface area (Å²) in [6, 6.07) is 8.84. The number of aryl methyl sites for hydroxylation is 2. The van der Waals surface area contributed by atoms with Gasteiger partial charge in [-0.1, -0.05) is 18.2 Å². The van der Waals surface area contributed by atoms with Gasteiger partial charge in [0.05, 0.1) is 6.54 Å². The summed E-state index contributed by atoms with van der Waals surface area (Å²) in [5, 5.41) is 0. The van der Waals surface area contributed by atoms with E-state index in [2.05, 4.69) is 10.4 Å². The van der Waals surface area contributed by atoms with E-state index in [1.807, 2.05) is 19.1 Å². The zero-order valence-corrected chi connectivity index (χ0v) is 11.4. The van der Waals surface area contributed by atoms with E-state index in [9.17, 15) is 9.59 Å². The van der Waals surface area contributed by atoms with E-state index in [-0.39, 0.29) is 18.1 Å². The summed E-state index contributed by atoms with van der Waals surface area (Å²) in [6.45, 7) is 3.89. The number of rotatable bonds is 3. The number of aromatic nitrogens is 2. The van der Waals surface area contributed by atoms with E-state index in [4.69, 9.17) is 5.84 Å². The van der Waals surface area contributed by atoms with Crippen molar-refractivity contribution in [1.29, 1.82) is 0 Å². The van der Waals surface area contributed by atoms with E-state index < -0.39 is 0 Å². The summed E-state index contributed by atoms with van der Waals surface area (Å²) in [6.07, 6.45) is 0. The molecule has 1 aromatic carbocycles. The summed E-state index contributed by atoms with van der Waals surface area (Å²) in [5.74, 6) is 4.78.